The first-order valence-corrected chi connectivity index (χ1v) is 13.3. The summed E-state index contributed by atoms with van der Waals surface area (Å²) in [6.45, 7) is 6.72. The number of aliphatic hydroxyl groups is 1. The third-order valence-corrected chi connectivity index (χ3v) is 6.82. The van der Waals surface area contributed by atoms with E-state index in [9.17, 15) is 14.7 Å². The smallest absolute Gasteiger partial charge is 0.295 e. The molecule has 1 fully saturated rings. The molecule has 2 heterocycles. The third-order valence-electron chi connectivity index (χ3n) is 6.82. The molecule has 9 heteroatoms. The standard InChI is InChI=1S/C30H38N2O7/c1-19(2)11-14-37-22-9-7-20(17-24(22)36-5)27-26(29(34)30(35)32(27)13-6-12-31(3)4)28(33)21-8-10-23-25(18-21)39-16-15-38-23/h7-10,17-19,27,33H,6,11-16H2,1-5H3. The Balaban J connectivity index is 1.76. The van der Waals surface area contributed by atoms with E-state index < -0.39 is 17.7 Å². The van der Waals surface area contributed by atoms with Crippen LogP contribution in [0.15, 0.2) is 42.0 Å². The van der Waals surface area contributed by atoms with Crippen LogP contribution in [0.5, 0.6) is 23.0 Å². The van der Waals surface area contributed by atoms with Gasteiger partial charge in [-0.2, -0.15) is 0 Å². The van der Waals surface area contributed by atoms with E-state index in [0.717, 1.165) is 13.0 Å². The maximum Gasteiger partial charge on any atom is 0.295 e. The number of carbonyl (C=O) groups excluding carboxylic acids is 2. The number of fused-ring (bicyclic) bond motifs is 1. The molecule has 0 aromatic heterocycles. The van der Waals surface area contributed by atoms with Crippen molar-refractivity contribution in [3.05, 3.63) is 53.1 Å². The maximum atomic E-state index is 13.4. The molecular weight excluding hydrogens is 500 g/mol. The van der Waals surface area contributed by atoms with Crippen molar-refractivity contribution in [1.82, 2.24) is 9.80 Å². The number of ether oxygens (including phenoxy) is 4. The molecule has 2 aromatic carbocycles. The number of methoxy groups -OCH3 is 1. The number of aliphatic hydroxyl groups excluding tert-OH is 1. The Labute approximate surface area is 229 Å². The summed E-state index contributed by atoms with van der Waals surface area (Å²) in [4.78, 5) is 30.2. The van der Waals surface area contributed by atoms with Gasteiger partial charge in [-0.1, -0.05) is 19.9 Å². The normalized spacial score (nSPS) is 18.2. The Morgan fingerprint density at radius 2 is 1.82 bits per heavy atom. The van der Waals surface area contributed by atoms with Crippen molar-refractivity contribution in [2.45, 2.75) is 32.7 Å². The molecule has 1 amide bonds. The molecule has 39 heavy (non-hydrogen) atoms. The van der Waals surface area contributed by atoms with E-state index in [1.54, 1.807) is 37.4 Å². The number of hydrogen-bond donors (Lipinski definition) is 1. The lowest BCUT2D eigenvalue weighted by Gasteiger charge is -2.26. The van der Waals surface area contributed by atoms with Gasteiger partial charge >= 0.3 is 0 Å². The molecule has 2 aromatic rings. The highest BCUT2D eigenvalue weighted by Crippen LogP contribution is 2.43. The van der Waals surface area contributed by atoms with E-state index >= 15 is 0 Å². The molecule has 1 atom stereocenters. The summed E-state index contributed by atoms with van der Waals surface area (Å²) in [5.41, 5.74) is 1.04. The maximum absolute atomic E-state index is 13.4. The van der Waals surface area contributed by atoms with Gasteiger partial charge in [0.05, 0.1) is 25.3 Å². The average molecular weight is 539 g/mol. The van der Waals surface area contributed by atoms with Crippen molar-refractivity contribution >= 4 is 17.4 Å². The van der Waals surface area contributed by atoms with Crippen molar-refractivity contribution in [3.63, 3.8) is 0 Å². The van der Waals surface area contributed by atoms with Gasteiger partial charge in [0.1, 0.15) is 19.0 Å². The number of ketones is 1. The summed E-state index contributed by atoms with van der Waals surface area (Å²) in [7, 11) is 5.46. The Morgan fingerprint density at radius 1 is 1.08 bits per heavy atom. The fourth-order valence-electron chi connectivity index (χ4n) is 4.74. The van der Waals surface area contributed by atoms with Gasteiger partial charge in [-0.05, 0) is 75.3 Å². The van der Waals surface area contributed by atoms with Gasteiger partial charge in [-0.25, -0.2) is 0 Å². The van der Waals surface area contributed by atoms with E-state index in [1.807, 2.05) is 25.1 Å². The fourth-order valence-corrected chi connectivity index (χ4v) is 4.74. The van der Waals surface area contributed by atoms with Crippen LogP contribution < -0.4 is 18.9 Å². The zero-order chi connectivity index (χ0) is 28.1. The first-order valence-electron chi connectivity index (χ1n) is 13.3. The lowest BCUT2D eigenvalue weighted by Crippen LogP contribution is -2.32. The van der Waals surface area contributed by atoms with Gasteiger partial charge in [-0.3, -0.25) is 9.59 Å². The monoisotopic (exact) mass is 538 g/mol. The highest BCUT2D eigenvalue weighted by molar-refractivity contribution is 6.46. The van der Waals surface area contributed by atoms with Crippen LogP contribution in [0, 0.1) is 5.92 Å². The quantitative estimate of drug-likeness (QED) is 0.258. The van der Waals surface area contributed by atoms with Gasteiger partial charge in [0.2, 0.25) is 0 Å². The van der Waals surface area contributed by atoms with Crippen LogP contribution in [0.25, 0.3) is 5.76 Å². The Morgan fingerprint density at radius 3 is 2.51 bits per heavy atom. The number of nitrogens with zero attached hydrogens (tertiary/aromatic N) is 2. The van der Waals surface area contributed by atoms with E-state index in [4.69, 9.17) is 18.9 Å². The minimum atomic E-state index is -0.793. The summed E-state index contributed by atoms with van der Waals surface area (Å²) in [5, 5.41) is 11.4. The van der Waals surface area contributed by atoms with E-state index in [-0.39, 0.29) is 11.3 Å². The summed E-state index contributed by atoms with van der Waals surface area (Å²) >= 11 is 0. The van der Waals surface area contributed by atoms with Crippen molar-refractivity contribution in [1.29, 1.82) is 0 Å². The van der Waals surface area contributed by atoms with Gasteiger partial charge in [0.25, 0.3) is 11.7 Å². The molecule has 4 rings (SSSR count). The van der Waals surface area contributed by atoms with Crippen molar-refractivity contribution in [2.24, 2.45) is 5.92 Å². The summed E-state index contributed by atoms with van der Waals surface area (Å²) < 4.78 is 22.8. The molecule has 0 bridgehead atoms. The van der Waals surface area contributed by atoms with Crippen molar-refractivity contribution in [2.75, 3.05) is 54.1 Å². The molecule has 0 saturated carbocycles. The molecule has 0 spiro atoms. The lowest BCUT2D eigenvalue weighted by atomic mass is 9.94. The summed E-state index contributed by atoms with van der Waals surface area (Å²) in [6.07, 6.45) is 1.56. The van der Waals surface area contributed by atoms with Crippen LogP contribution in [0.1, 0.15) is 43.9 Å². The zero-order valence-electron chi connectivity index (χ0n) is 23.4. The number of Topliss-reactive ketones (excluding diaryl/α,β-unsaturated/α-hetero) is 1. The average Bonchev–Trinajstić information content (AvgIpc) is 3.17. The van der Waals surface area contributed by atoms with Gasteiger partial charge in [0, 0.05) is 12.1 Å². The number of hydrogen-bond acceptors (Lipinski definition) is 8. The number of likely N-dealkylation sites (tertiary alicyclic amines) is 1. The minimum Gasteiger partial charge on any atom is -0.507 e. The van der Waals surface area contributed by atoms with Crippen LogP contribution in [0.2, 0.25) is 0 Å². The van der Waals surface area contributed by atoms with Crippen molar-refractivity contribution in [3.8, 4) is 23.0 Å². The van der Waals surface area contributed by atoms with Crippen LogP contribution in [0.3, 0.4) is 0 Å². The zero-order valence-corrected chi connectivity index (χ0v) is 23.4. The number of amides is 1. The predicted molar refractivity (Wildman–Crippen MR) is 148 cm³/mol. The second-order valence-electron chi connectivity index (χ2n) is 10.4. The fraction of sp³-hybridized carbons (Fsp3) is 0.467. The highest BCUT2D eigenvalue weighted by atomic mass is 16.6. The summed E-state index contributed by atoms with van der Waals surface area (Å²) in [6, 6.07) is 9.57. The predicted octanol–water partition coefficient (Wildman–Crippen LogP) is 4.26. The Kier molecular flexibility index (Phi) is 9.01. The lowest BCUT2D eigenvalue weighted by molar-refractivity contribution is -0.139. The first kappa shape index (κ1) is 28.3. The molecule has 1 unspecified atom stereocenters. The van der Waals surface area contributed by atoms with E-state index in [2.05, 4.69) is 13.8 Å². The second kappa shape index (κ2) is 12.4. The number of rotatable bonds is 11. The molecule has 2 aliphatic rings. The molecule has 1 N–H and O–H groups in total. The van der Waals surface area contributed by atoms with Crippen LogP contribution >= 0.6 is 0 Å². The second-order valence-corrected chi connectivity index (χ2v) is 10.4. The molecule has 2 aliphatic heterocycles. The molecule has 9 nitrogen and oxygen atoms in total. The van der Waals surface area contributed by atoms with E-state index in [0.29, 0.717) is 72.8 Å². The first-order chi connectivity index (χ1) is 18.7. The van der Waals surface area contributed by atoms with Gasteiger partial charge < -0.3 is 33.9 Å². The molecular formula is C30H38N2O7. The largest absolute Gasteiger partial charge is 0.507 e. The topological polar surface area (TPSA) is 97.8 Å². The van der Waals surface area contributed by atoms with Gasteiger partial charge in [-0.15, -0.1) is 0 Å². The Hall–Kier alpha value is -3.72. The van der Waals surface area contributed by atoms with Crippen LogP contribution in [0.4, 0.5) is 0 Å². The summed E-state index contributed by atoms with van der Waals surface area (Å²) in [5.74, 6) is 0.984. The molecule has 0 radical (unpaired) electrons. The number of benzene rings is 2. The molecule has 1 saturated heterocycles. The number of carbonyl (C=O) groups is 2. The molecule has 0 aliphatic carbocycles. The van der Waals surface area contributed by atoms with Gasteiger partial charge in [0.15, 0.2) is 23.0 Å². The minimum absolute atomic E-state index is 0.0251. The highest BCUT2D eigenvalue weighted by Gasteiger charge is 2.46. The molecule has 210 valence electrons. The van der Waals surface area contributed by atoms with E-state index in [1.165, 1.54) is 4.90 Å². The van der Waals surface area contributed by atoms with Crippen molar-refractivity contribution < 1.29 is 33.6 Å². The Bertz CT molecular complexity index is 1240. The third kappa shape index (κ3) is 6.30. The van der Waals surface area contributed by atoms with Crippen LogP contribution in [-0.2, 0) is 9.59 Å². The van der Waals surface area contributed by atoms with Crippen LogP contribution in [-0.4, -0.2) is 80.7 Å². The SMILES string of the molecule is COc1cc(C2C(=C(O)c3ccc4c(c3)OCCO4)C(=O)C(=O)N2CCCN(C)C)ccc1OCCC(C)C.